The van der Waals surface area contributed by atoms with Crippen molar-refractivity contribution in [3.63, 3.8) is 0 Å². The highest BCUT2D eigenvalue weighted by Gasteiger charge is 2.33. The molecule has 1 rings (SSSR count). The van der Waals surface area contributed by atoms with E-state index in [0.717, 1.165) is 0 Å². The molecule has 6 nitrogen and oxygen atoms in total. The average Bonchev–Trinajstić information content (AvgIpc) is 2.39. The van der Waals surface area contributed by atoms with Gasteiger partial charge in [0, 0.05) is 32.8 Å². The highest BCUT2D eigenvalue weighted by atomic mass is 32.2. The minimum absolute atomic E-state index is 0.0302. The summed E-state index contributed by atoms with van der Waals surface area (Å²) in [7, 11) is -3.23. The predicted octanol–water partition coefficient (Wildman–Crippen LogP) is 0.272. The summed E-state index contributed by atoms with van der Waals surface area (Å²) in [5.41, 5.74) is -0.541. The molecule has 19 heavy (non-hydrogen) atoms. The molecule has 0 spiro atoms. The van der Waals surface area contributed by atoms with E-state index in [1.165, 1.54) is 4.31 Å². The molecule has 1 fully saturated rings. The van der Waals surface area contributed by atoms with Crippen LogP contribution in [0.1, 0.15) is 20.8 Å². The van der Waals surface area contributed by atoms with Crippen LogP contribution in [0.25, 0.3) is 0 Å². The smallest absolute Gasteiger partial charge is 0.216 e. The maximum Gasteiger partial charge on any atom is 0.216 e. The third kappa shape index (κ3) is 4.42. The van der Waals surface area contributed by atoms with Gasteiger partial charge in [0.2, 0.25) is 10.0 Å². The van der Waals surface area contributed by atoms with Crippen LogP contribution < -0.4 is 0 Å². The van der Waals surface area contributed by atoms with Crippen molar-refractivity contribution in [2.24, 2.45) is 0 Å². The van der Waals surface area contributed by atoms with Crippen LogP contribution in [0.5, 0.6) is 0 Å². The summed E-state index contributed by atoms with van der Waals surface area (Å²) >= 11 is 0. The summed E-state index contributed by atoms with van der Waals surface area (Å²) in [5, 5.41) is 9.08. The maximum absolute atomic E-state index is 12.0. The number of hydrogen-bond donors (Lipinski definition) is 0. The van der Waals surface area contributed by atoms with Crippen molar-refractivity contribution in [1.29, 1.82) is 5.26 Å². The summed E-state index contributed by atoms with van der Waals surface area (Å²) in [4.78, 5) is 2.02. The number of nitriles is 1. The second-order valence-corrected chi connectivity index (χ2v) is 7.16. The Bertz CT molecular complexity index is 420. The standard InChI is InChI=1S/C12H23N3O3S/c1-4-18-9-10-19(16,17)15-7-5-14(6-8-15)12(2,3)11-13/h4-10H2,1-3H3. The molecular formula is C12H23N3O3S. The van der Waals surface area contributed by atoms with Crippen LogP contribution in [0, 0.1) is 11.3 Å². The van der Waals surface area contributed by atoms with Gasteiger partial charge in [0.1, 0.15) is 5.54 Å². The molecule has 110 valence electrons. The normalized spacial score (nSPS) is 19.3. The Balaban J connectivity index is 2.52. The monoisotopic (exact) mass is 289 g/mol. The van der Waals surface area contributed by atoms with Crippen molar-refractivity contribution in [2.45, 2.75) is 26.3 Å². The van der Waals surface area contributed by atoms with Crippen LogP contribution in [0.2, 0.25) is 0 Å². The van der Waals surface area contributed by atoms with Crippen LogP contribution in [0.15, 0.2) is 0 Å². The summed E-state index contributed by atoms with van der Waals surface area (Å²) in [6.07, 6.45) is 0. The van der Waals surface area contributed by atoms with Gasteiger partial charge in [-0.1, -0.05) is 0 Å². The van der Waals surface area contributed by atoms with E-state index >= 15 is 0 Å². The van der Waals surface area contributed by atoms with Gasteiger partial charge in [0.05, 0.1) is 18.4 Å². The lowest BCUT2D eigenvalue weighted by Crippen LogP contribution is -2.55. The minimum atomic E-state index is -3.23. The second kappa shape index (κ2) is 6.66. The fraction of sp³-hybridized carbons (Fsp3) is 0.917. The third-order valence-corrected chi connectivity index (χ3v) is 5.22. The van der Waals surface area contributed by atoms with Gasteiger partial charge < -0.3 is 4.74 Å². The van der Waals surface area contributed by atoms with Crippen molar-refractivity contribution in [3.05, 3.63) is 0 Å². The summed E-state index contributed by atoms with van der Waals surface area (Å²) in [6, 6.07) is 2.24. The van der Waals surface area contributed by atoms with E-state index in [9.17, 15) is 8.42 Å². The average molecular weight is 289 g/mol. The molecule has 0 N–H and O–H groups in total. The summed E-state index contributed by atoms with van der Waals surface area (Å²) in [5.74, 6) is 0.0302. The lowest BCUT2D eigenvalue weighted by Gasteiger charge is -2.39. The number of piperazine rings is 1. The van der Waals surface area contributed by atoms with Gasteiger partial charge >= 0.3 is 0 Å². The molecule has 0 bridgehead atoms. The molecule has 0 unspecified atom stereocenters. The van der Waals surface area contributed by atoms with Gasteiger partial charge in [-0.25, -0.2) is 8.42 Å². The van der Waals surface area contributed by atoms with Gasteiger partial charge in [-0.2, -0.15) is 9.57 Å². The zero-order valence-electron chi connectivity index (χ0n) is 11.9. The predicted molar refractivity (Wildman–Crippen MR) is 73.1 cm³/mol. The first-order valence-corrected chi connectivity index (χ1v) is 8.16. The quantitative estimate of drug-likeness (QED) is 0.656. The number of nitrogens with zero attached hydrogens (tertiary/aromatic N) is 3. The Morgan fingerprint density at radius 1 is 1.26 bits per heavy atom. The first kappa shape index (κ1) is 16.4. The van der Waals surface area contributed by atoms with Crippen molar-refractivity contribution >= 4 is 10.0 Å². The molecule has 0 atom stereocenters. The largest absolute Gasteiger partial charge is 0.381 e. The maximum atomic E-state index is 12.0. The van der Waals surface area contributed by atoms with Crippen LogP contribution >= 0.6 is 0 Å². The summed E-state index contributed by atoms with van der Waals surface area (Å²) < 4.78 is 30.7. The van der Waals surface area contributed by atoms with Crippen molar-refractivity contribution in [2.75, 3.05) is 45.1 Å². The van der Waals surface area contributed by atoms with Gasteiger partial charge in [0.15, 0.2) is 0 Å². The Hall–Kier alpha value is -0.680. The lowest BCUT2D eigenvalue weighted by molar-refractivity contribution is 0.114. The summed E-state index contributed by atoms with van der Waals surface area (Å²) in [6.45, 7) is 8.39. The van der Waals surface area contributed by atoms with Crippen LogP contribution in [-0.2, 0) is 14.8 Å². The van der Waals surface area contributed by atoms with Crippen molar-refractivity contribution < 1.29 is 13.2 Å². The molecule has 7 heteroatoms. The van der Waals surface area contributed by atoms with Gasteiger partial charge in [-0.05, 0) is 20.8 Å². The molecule has 0 amide bonds. The van der Waals surface area contributed by atoms with Crippen molar-refractivity contribution in [3.8, 4) is 6.07 Å². The molecule has 0 aromatic rings. The van der Waals surface area contributed by atoms with E-state index in [0.29, 0.717) is 32.8 Å². The molecule has 0 saturated carbocycles. The number of sulfonamides is 1. The highest BCUT2D eigenvalue weighted by molar-refractivity contribution is 7.89. The Morgan fingerprint density at radius 3 is 2.32 bits per heavy atom. The molecule has 1 aliphatic rings. The highest BCUT2D eigenvalue weighted by Crippen LogP contribution is 2.17. The Kier molecular flexibility index (Phi) is 5.74. The van der Waals surface area contributed by atoms with Crippen molar-refractivity contribution in [1.82, 2.24) is 9.21 Å². The van der Waals surface area contributed by atoms with Gasteiger partial charge in [-0.3, -0.25) is 4.90 Å². The van der Waals surface area contributed by atoms with Gasteiger partial charge in [0.25, 0.3) is 0 Å². The fourth-order valence-electron chi connectivity index (χ4n) is 2.03. The SMILES string of the molecule is CCOCCS(=O)(=O)N1CCN(C(C)(C)C#N)CC1. The second-order valence-electron chi connectivity index (χ2n) is 5.07. The van der Waals surface area contributed by atoms with E-state index in [-0.39, 0.29) is 12.4 Å². The number of rotatable bonds is 6. The van der Waals surface area contributed by atoms with Crippen LogP contribution in [-0.4, -0.2) is 68.3 Å². The van der Waals surface area contributed by atoms with E-state index in [1.807, 2.05) is 25.7 Å². The molecule has 1 heterocycles. The first-order chi connectivity index (χ1) is 8.83. The minimum Gasteiger partial charge on any atom is -0.381 e. The van der Waals surface area contributed by atoms with Crippen LogP contribution in [0.4, 0.5) is 0 Å². The molecule has 1 aliphatic heterocycles. The molecule has 1 saturated heterocycles. The van der Waals surface area contributed by atoms with E-state index in [2.05, 4.69) is 6.07 Å². The molecule has 0 aromatic carbocycles. The molecular weight excluding hydrogens is 266 g/mol. The van der Waals surface area contributed by atoms with E-state index in [1.54, 1.807) is 0 Å². The molecule has 0 aliphatic carbocycles. The topological polar surface area (TPSA) is 73.6 Å². The fourth-order valence-corrected chi connectivity index (χ4v) is 3.34. The molecule has 0 radical (unpaired) electrons. The third-order valence-electron chi connectivity index (χ3n) is 3.39. The van der Waals surface area contributed by atoms with Gasteiger partial charge in [-0.15, -0.1) is 0 Å². The van der Waals surface area contributed by atoms with E-state index < -0.39 is 15.6 Å². The number of hydrogen-bond acceptors (Lipinski definition) is 5. The Morgan fingerprint density at radius 2 is 1.84 bits per heavy atom. The zero-order chi connectivity index (χ0) is 14.5. The first-order valence-electron chi connectivity index (χ1n) is 6.55. The zero-order valence-corrected chi connectivity index (χ0v) is 12.7. The Labute approximate surface area is 116 Å². The number of ether oxygens (including phenoxy) is 1. The lowest BCUT2D eigenvalue weighted by atomic mass is 10.0. The molecule has 0 aromatic heterocycles. The van der Waals surface area contributed by atoms with E-state index in [4.69, 9.17) is 10.00 Å². The van der Waals surface area contributed by atoms with Crippen LogP contribution in [0.3, 0.4) is 0 Å².